The minimum atomic E-state index is -0.399. The van der Waals surface area contributed by atoms with Gasteiger partial charge in [-0.15, -0.1) is 0 Å². The summed E-state index contributed by atoms with van der Waals surface area (Å²) < 4.78 is 0. The Morgan fingerprint density at radius 3 is 2.19 bits per heavy atom. The standard InChI is InChI=1S/C19H25NO/c1-4-20(18-12-8-6-10-16(18)3)14-13-19(21)17-11-7-5-9-15(17)2/h5-12,19,21H,4,13-14H2,1-3H3. The quantitative estimate of drug-likeness (QED) is 0.856. The van der Waals surface area contributed by atoms with E-state index in [1.54, 1.807) is 0 Å². The normalized spacial score (nSPS) is 12.2. The van der Waals surface area contributed by atoms with Crippen molar-refractivity contribution in [2.24, 2.45) is 0 Å². The number of nitrogens with zero attached hydrogens (tertiary/aromatic N) is 1. The Labute approximate surface area is 128 Å². The molecule has 2 aromatic rings. The van der Waals surface area contributed by atoms with E-state index in [0.29, 0.717) is 0 Å². The number of aliphatic hydroxyl groups is 1. The molecule has 0 aliphatic heterocycles. The lowest BCUT2D eigenvalue weighted by molar-refractivity contribution is 0.168. The number of para-hydroxylation sites is 1. The molecule has 112 valence electrons. The summed E-state index contributed by atoms with van der Waals surface area (Å²) in [7, 11) is 0. The molecule has 0 heterocycles. The molecule has 0 aliphatic carbocycles. The number of aliphatic hydroxyl groups excluding tert-OH is 1. The lowest BCUT2D eigenvalue weighted by Gasteiger charge is -2.26. The number of hydrogen-bond acceptors (Lipinski definition) is 2. The van der Waals surface area contributed by atoms with Gasteiger partial charge in [-0.25, -0.2) is 0 Å². The van der Waals surface area contributed by atoms with Gasteiger partial charge in [0.1, 0.15) is 0 Å². The van der Waals surface area contributed by atoms with Crippen molar-refractivity contribution in [1.29, 1.82) is 0 Å². The first-order valence-electron chi connectivity index (χ1n) is 7.67. The smallest absolute Gasteiger partial charge is 0.0809 e. The van der Waals surface area contributed by atoms with Gasteiger partial charge in [-0.2, -0.15) is 0 Å². The van der Waals surface area contributed by atoms with E-state index in [1.807, 2.05) is 18.2 Å². The van der Waals surface area contributed by atoms with Gasteiger partial charge in [-0.05, 0) is 49.9 Å². The summed E-state index contributed by atoms with van der Waals surface area (Å²) in [5.41, 5.74) is 4.74. The highest BCUT2D eigenvalue weighted by Crippen LogP contribution is 2.24. The molecule has 0 fully saturated rings. The molecule has 0 aromatic heterocycles. The van der Waals surface area contributed by atoms with E-state index in [9.17, 15) is 5.11 Å². The summed E-state index contributed by atoms with van der Waals surface area (Å²) >= 11 is 0. The predicted octanol–water partition coefficient (Wildman–Crippen LogP) is 4.25. The van der Waals surface area contributed by atoms with Gasteiger partial charge >= 0.3 is 0 Å². The van der Waals surface area contributed by atoms with E-state index in [4.69, 9.17) is 0 Å². The second-order valence-electron chi connectivity index (χ2n) is 5.53. The van der Waals surface area contributed by atoms with Gasteiger partial charge in [-0.1, -0.05) is 42.5 Å². The number of anilines is 1. The van der Waals surface area contributed by atoms with Crippen molar-refractivity contribution in [3.8, 4) is 0 Å². The Hall–Kier alpha value is -1.80. The van der Waals surface area contributed by atoms with E-state index >= 15 is 0 Å². The van der Waals surface area contributed by atoms with E-state index in [0.717, 1.165) is 30.6 Å². The van der Waals surface area contributed by atoms with Gasteiger partial charge in [0, 0.05) is 18.8 Å². The summed E-state index contributed by atoms with van der Waals surface area (Å²) in [6, 6.07) is 16.5. The summed E-state index contributed by atoms with van der Waals surface area (Å²) in [5.74, 6) is 0. The summed E-state index contributed by atoms with van der Waals surface area (Å²) in [6.45, 7) is 8.15. The molecule has 1 unspecified atom stereocenters. The molecule has 0 radical (unpaired) electrons. The third-order valence-electron chi connectivity index (χ3n) is 4.06. The maximum absolute atomic E-state index is 10.4. The molecule has 0 saturated carbocycles. The molecule has 1 N–H and O–H groups in total. The van der Waals surface area contributed by atoms with Crippen LogP contribution in [0.2, 0.25) is 0 Å². The summed E-state index contributed by atoms with van der Waals surface area (Å²) in [6.07, 6.45) is 0.344. The molecule has 0 amide bonds. The van der Waals surface area contributed by atoms with Gasteiger partial charge < -0.3 is 10.0 Å². The lowest BCUT2D eigenvalue weighted by atomic mass is 10.0. The van der Waals surface area contributed by atoms with Crippen LogP contribution in [-0.4, -0.2) is 18.2 Å². The van der Waals surface area contributed by atoms with Gasteiger partial charge in [0.05, 0.1) is 6.10 Å². The first-order chi connectivity index (χ1) is 10.1. The molecular formula is C19H25NO. The van der Waals surface area contributed by atoms with E-state index in [-0.39, 0.29) is 0 Å². The van der Waals surface area contributed by atoms with Crippen LogP contribution < -0.4 is 4.90 Å². The van der Waals surface area contributed by atoms with Crippen molar-refractivity contribution in [3.05, 3.63) is 65.2 Å². The Morgan fingerprint density at radius 1 is 0.952 bits per heavy atom. The van der Waals surface area contributed by atoms with Crippen LogP contribution in [0.25, 0.3) is 0 Å². The fraction of sp³-hybridized carbons (Fsp3) is 0.368. The molecule has 2 nitrogen and oxygen atoms in total. The molecule has 0 bridgehead atoms. The molecule has 2 aromatic carbocycles. The van der Waals surface area contributed by atoms with Crippen molar-refractivity contribution in [2.75, 3.05) is 18.0 Å². The van der Waals surface area contributed by atoms with Crippen LogP contribution in [0.1, 0.15) is 36.1 Å². The second-order valence-corrected chi connectivity index (χ2v) is 5.53. The second kappa shape index (κ2) is 7.28. The molecule has 0 aliphatic rings. The highest BCUT2D eigenvalue weighted by atomic mass is 16.3. The van der Waals surface area contributed by atoms with Gasteiger partial charge in [0.25, 0.3) is 0 Å². The van der Waals surface area contributed by atoms with Crippen LogP contribution in [0.4, 0.5) is 5.69 Å². The number of aryl methyl sites for hydroxylation is 2. The predicted molar refractivity (Wildman–Crippen MR) is 89.8 cm³/mol. The van der Waals surface area contributed by atoms with Crippen LogP contribution in [0.5, 0.6) is 0 Å². The average Bonchev–Trinajstić information content (AvgIpc) is 2.49. The van der Waals surface area contributed by atoms with Crippen LogP contribution in [0.3, 0.4) is 0 Å². The zero-order chi connectivity index (χ0) is 15.2. The fourth-order valence-electron chi connectivity index (χ4n) is 2.76. The monoisotopic (exact) mass is 283 g/mol. The molecular weight excluding hydrogens is 258 g/mol. The lowest BCUT2D eigenvalue weighted by Crippen LogP contribution is -2.26. The Balaban J connectivity index is 2.04. The molecule has 2 rings (SSSR count). The molecule has 0 saturated heterocycles. The van der Waals surface area contributed by atoms with Crippen LogP contribution in [0.15, 0.2) is 48.5 Å². The zero-order valence-corrected chi connectivity index (χ0v) is 13.2. The van der Waals surface area contributed by atoms with E-state index in [2.05, 4.69) is 56.0 Å². The Morgan fingerprint density at radius 2 is 1.57 bits per heavy atom. The van der Waals surface area contributed by atoms with Crippen LogP contribution >= 0.6 is 0 Å². The molecule has 0 spiro atoms. The van der Waals surface area contributed by atoms with Crippen LogP contribution in [-0.2, 0) is 0 Å². The van der Waals surface area contributed by atoms with Gasteiger partial charge in [0.2, 0.25) is 0 Å². The van der Waals surface area contributed by atoms with Crippen molar-refractivity contribution < 1.29 is 5.11 Å². The Bertz CT molecular complexity index is 579. The first-order valence-corrected chi connectivity index (χ1v) is 7.67. The Kier molecular flexibility index (Phi) is 5.40. The molecule has 21 heavy (non-hydrogen) atoms. The third-order valence-corrected chi connectivity index (χ3v) is 4.06. The zero-order valence-electron chi connectivity index (χ0n) is 13.2. The average molecular weight is 283 g/mol. The third kappa shape index (κ3) is 3.85. The van der Waals surface area contributed by atoms with E-state index < -0.39 is 6.10 Å². The topological polar surface area (TPSA) is 23.5 Å². The van der Waals surface area contributed by atoms with Gasteiger partial charge in [-0.3, -0.25) is 0 Å². The molecule has 1 atom stereocenters. The van der Waals surface area contributed by atoms with Crippen molar-refractivity contribution in [2.45, 2.75) is 33.3 Å². The minimum absolute atomic E-state index is 0.399. The molecule has 2 heteroatoms. The minimum Gasteiger partial charge on any atom is -0.388 e. The number of hydrogen-bond donors (Lipinski definition) is 1. The fourth-order valence-corrected chi connectivity index (χ4v) is 2.76. The van der Waals surface area contributed by atoms with Crippen molar-refractivity contribution in [1.82, 2.24) is 0 Å². The van der Waals surface area contributed by atoms with E-state index in [1.165, 1.54) is 11.3 Å². The van der Waals surface area contributed by atoms with Crippen molar-refractivity contribution in [3.63, 3.8) is 0 Å². The first kappa shape index (κ1) is 15.6. The summed E-state index contributed by atoms with van der Waals surface area (Å²) in [4.78, 5) is 2.33. The highest BCUT2D eigenvalue weighted by molar-refractivity contribution is 5.52. The number of benzene rings is 2. The summed E-state index contributed by atoms with van der Waals surface area (Å²) in [5, 5.41) is 10.4. The van der Waals surface area contributed by atoms with Crippen LogP contribution in [0, 0.1) is 13.8 Å². The number of rotatable bonds is 6. The largest absolute Gasteiger partial charge is 0.388 e. The highest BCUT2D eigenvalue weighted by Gasteiger charge is 2.13. The van der Waals surface area contributed by atoms with Gasteiger partial charge in [0.15, 0.2) is 0 Å². The van der Waals surface area contributed by atoms with Crippen molar-refractivity contribution >= 4 is 5.69 Å². The maximum atomic E-state index is 10.4. The SMILES string of the molecule is CCN(CCC(O)c1ccccc1C)c1ccccc1C. The maximum Gasteiger partial charge on any atom is 0.0809 e.